The molecule has 0 saturated carbocycles. The van der Waals surface area contributed by atoms with E-state index < -0.39 is 12.4 Å². The van der Waals surface area contributed by atoms with Crippen molar-refractivity contribution in [3.63, 3.8) is 0 Å². The van der Waals surface area contributed by atoms with Crippen molar-refractivity contribution < 1.29 is 19.3 Å². The number of aliphatic hydroxyl groups excluding tert-OH is 1. The zero-order chi connectivity index (χ0) is 11.8. The number of hydrogen-bond donors (Lipinski definition) is 1. The molecule has 16 heavy (non-hydrogen) atoms. The Bertz CT molecular complexity index is 272. The molecule has 0 amide bonds. The Hall–Kier alpha value is -0.940. The molecule has 0 radical (unpaired) electrons. The van der Waals surface area contributed by atoms with Crippen LogP contribution in [0.1, 0.15) is 5.56 Å². The molecule has 1 atom stereocenters. The smallest absolute Gasteiger partial charge is 0.184 e. The quantitative estimate of drug-likeness (QED) is 0.709. The number of hydrogen-bond acceptors (Lipinski definition) is 4. The summed E-state index contributed by atoms with van der Waals surface area (Å²) in [6.07, 6.45) is -1.42. The van der Waals surface area contributed by atoms with Crippen LogP contribution < -0.4 is 0 Å². The van der Waals surface area contributed by atoms with Gasteiger partial charge in [0.15, 0.2) is 6.29 Å². The fourth-order valence-electron chi connectivity index (χ4n) is 1.36. The number of rotatable bonds is 7. The molecule has 0 bridgehead atoms. The molecule has 0 aliphatic heterocycles. The van der Waals surface area contributed by atoms with Crippen molar-refractivity contribution >= 4 is 0 Å². The third-order valence-electron chi connectivity index (χ3n) is 2.18. The van der Waals surface area contributed by atoms with E-state index in [1.54, 1.807) is 0 Å². The van der Waals surface area contributed by atoms with E-state index in [4.69, 9.17) is 14.2 Å². The van der Waals surface area contributed by atoms with Crippen molar-refractivity contribution in [1.82, 2.24) is 0 Å². The van der Waals surface area contributed by atoms with E-state index in [-0.39, 0.29) is 6.61 Å². The molecule has 1 aromatic carbocycles. The van der Waals surface area contributed by atoms with Crippen LogP contribution in [0, 0.1) is 0 Å². The van der Waals surface area contributed by atoms with E-state index in [0.29, 0.717) is 6.61 Å². The van der Waals surface area contributed by atoms with Gasteiger partial charge in [0, 0.05) is 14.2 Å². The summed E-state index contributed by atoms with van der Waals surface area (Å²) in [5.74, 6) is 0. The van der Waals surface area contributed by atoms with Crippen molar-refractivity contribution in [3.05, 3.63) is 35.9 Å². The summed E-state index contributed by atoms with van der Waals surface area (Å²) in [5.41, 5.74) is 1.07. The molecular weight excluding hydrogens is 208 g/mol. The topological polar surface area (TPSA) is 47.9 Å². The van der Waals surface area contributed by atoms with Gasteiger partial charge in [-0.15, -0.1) is 0 Å². The van der Waals surface area contributed by atoms with Crippen molar-refractivity contribution in [3.8, 4) is 0 Å². The lowest BCUT2D eigenvalue weighted by Gasteiger charge is -2.19. The minimum Gasteiger partial charge on any atom is -0.385 e. The van der Waals surface area contributed by atoms with Gasteiger partial charge in [-0.25, -0.2) is 0 Å². The summed E-state index contributed by atoms with van der Waals surface area (Å²) in [5, 5.41) is 9.61. The molecule has 0 aliphatic carbocycles. The number of ether oxygens (including phenoxy) is 3. The van der Waals surface area contributed by atoms with Gasteiger partial charge in [0.2, 0.25) is 0 Å². The van der Waals surface area contributed by atoms with Gasteiger partial charge in [-0.1, -0.05) is 30.3 Å². The van der Waals surface area contributed by atoms with E-state index in [9.17, 15) is 5.11 Å². The fraction of sp³-hybridized carbons (Fsp3) is 0.500. The van der Waals surface area contributed by atoms with E-state index >= 15 is 0 Å². The Morgan fingerprint density at radius 1 is 1.12 bits per heavy atom. The molecule has 1 rings (SSSR count). The second-order valence-corrected chi connectivity index (χ2v) is 3.41. The first-order chi connectivity index (χ1) is 7.77. The van der Waals surface area contributed by atoms with Crippen LogP contribution >= 0.6 is 0 Å². The minimum absolute atomic E-state index is 0.182. The molecular formula is C12H18O4. The predicted octanol–water partition coefficient (Wildman–Crippen LogP) is 1.18. The molecule has 4 nitrogen and oxygen atoms in total. The summed E-state index contributed by atoms with van der Waals surface area (Å²) < 4.78 is 15.2. The third-order valence-corrected chi connectivity index (χ3v) is 2.18. The summed E-state index contributed by atoms with van der Waals surface area (Å²) in [6.45, 7) is 0.652. The minimum atomic E-state index is -0.779. The number of benzene rings is 1. The Balaban J connectivity index is 2.25. The van der Waals surface area contributed by atoms with Gasteiger partial charge < -0.3 is 19.3 Å². The van der Waals surface area contributed by atoms with Crippen LogP contribution in [-0.2, 0) is 20.8 Å². The molecule has 0 saturated heterocycles. The highest BCUT2D eigenvalue weighted by Crippen LogP contribution is 2.04. The average Bonchev–Trinajstić information content (AvgIpc) is 2.32. The molecule has 0 aromatic heterocycles. The first-order valence-electron chi connectivity index (χ1n) is 5.13. The highest BCUT2D eigenvalue weighted by atomic mass is 16.7. The predicted molar refractivity (Wildman–Crippen MR) is 59.9 cm³/mol. The lowest BCUT2D eigenvalue weighted by atomic mass is 10.2. The normalized spacial score (nSPS) is 13.0. The van der Waals surface area contributed by atoms with E-state index in [2.05, 4.69) is 0 Å². The highest BCUT2D eigenvalue weighted by Gasteiger charge is 2.17. The van der Waals surface area contributed by atoms with Crippen molar-refractivity contribution in [2.24, 2.45) is 0 Å². The van der Waals surface area contributed by atoms with Crippen LogP contribution in [0.4, 0.5) is 0 Å². The maximum atomic E-state index is 9.61. The molecule has 0 unspecified atom stereocenters. The lowest BCUT2D eigenvalue weighted by Crippen LogP contribution is -2.33. The lowest BCUT2D eigenvalue weighted by molar-refractivity contribution is -0.179. The SMILES string of the molecule is COC(OC)[C@@H](O)COCc1ccccc1. The zero-order valence-electron chi connectivity index (χ0n) is 9.63. The van der Waals surface area contributed by atoms with E-state index in [1.165, 1.54) is 14.2 Å². The maximum absolute atomic E-state index is 9.61. The monoisotopic (exact) mass is 226 g/mol. The molecule has 1 N–H and O–H groups in total. The number of aliphatic hydroxyl groups is 1. The van der Waals surface area contributed by atoms with Gasteiger partial charge in [-0.2, -0.15) is 0 Å². The van der Waals surface area contributed by atoms with Crippen LogP contribution in [0.25, 0.3) is 0 Å². The van der Waals surface area contributed by atoms with Gasteiger partial charge in [-0.3, -0.25) is 0 Å². The Morgan fingerprint density at radius 3 is 2.31 bits per heavy atom. The summed E-state index contributed by atoms with van der Waals surface area (Å²) in [7, 11) is 2.96. The number of methoxy groups -OCH3 is 2. The van der Waals surface area contributed by atoms with Gasteiger partial charge in [0.25, 0.3) is 0 Å². The van der Waals surface area contributed by atoms with Crippen molar-refractivity contribution in [2.45, 2.75) is 19.0 Å². The fourth-order valence-corrected chi connectivity index (χ4v) is 1.36. The summed E-state index contributed by atoms with van der Waals surface area (Å²) >= 11 is 0. The second-order valence-electron chi connectivity index (χ2n) is 3.41. The maximum Gasteiger partial charge on any atom is 0.184 e. The van der Waals surface area contributed by atoms with Crippen molar-refractivity contribution in [1.29, 1.82) is 0 Å². The van der Waals surface area contributed by atoms with E-state index in [0.717, 1.165) is 5.56 Å². The molecule has 0 aliphatic rings. The van der Waals surface area contributed by atoms with E-state index in [1.807, 2.05) is 30.3 Å². The van der Waals surface area contributed by atoms with Gasteiger partial charge in [0.05, 0.1) is 13.2 Å². The van der Waals surface area contributed by atoms with Crippen molar-refractivity contribution in [2.75, 3.05) is 20.8 Å². The first kappa shape index (κ1) is 13.1. The Morgan fingerprint density at radius 2 is 1.75 bits per heavy atom. The standard InChI is InChI=1S/C12H18O4/c1-14-12(15-2)11(13)9-16-8-10-6-4-3-5-7-10/h3-7,11-13H,8-9H2,1-2H3/t11-/m0/s1. The first-order valence-corrected chi connectivity index (χ1v) is 5.13. The molecule has 0 heterocycles. The van der Waals surface area contributed by atoms with Crippen LogP contribution in [0.15, 0.2) is 30.3 Å². The molecule has 4 heteroatoms. The molecule has 90 valence electrons. The van der Waals surface area contributed by atoms with Crippen LogP contribution in [0.2, 0.25) is 0 Å². The Kier molecular flexibility index (Phi) is 6.03. The average molecular weight is 226 g/mol. The summed E-state index contributed by atoms with van der Waals surface area (Å²) in [6, 6.07) is 9.78. The highest BCUT2D eigenvalue weighted by molar-refractivity contribution is 5.13. The zero-order valence-corrected chi connectivity index (χ0v) is 9.63. The van der Waals surface area contributed by atoms with Gasteiger partial charge in [-0.05, 0) is 5.56 Å². The van der Waals surface area contributed by atoms with Crippen LogP contribution in [-0.4, -0.2) is 38.3 Å². The molecule has 0 fully saturated rings. The third kappa shape index (κ3) is 4.28. The largest absolute Gasteiger partial charge is 0.385 e. The van der Waals surface area contributed by atoms with Crippen LogP contribution in [0.3, 0.4) is 0 Å². The molecule has 1 aromatic rings. The van der Waals surface area contributed by atoms with Gasteiger partial charge in [0.1, 0.15) is 6.10 Å². The summed E-state index contributed by atoms with van der Waals surface area (Å²) in [4.78, 5) is 0. The second kappa shape index (κ2) is 7.35. The Labute approximate surface area is 95.8 Å². The van der Waals surface area contributed by atoms with Crippen LogP contribution in [0.5, 0.6) is 0 Å². The van der Waals surface area contributed by atoms with Gasteiger partial charge >= 0.3 is 0 Å². The molecule has 0 spiro atoms.